The predicted octanol–water partition coefficient (Wildman–Crippen LogP) is 3.84. The van der Waals surface area contributed by atoms with Crippen LogP contribution >= 0.6 is 11.6 Å². The minimum absolute atomic E-state index is 0.0514. The number of hydrogen-bond donors (Lipinski definition) is 2. The number of aromatic nitrogens is 2. The molecule has 6 heteroatoms. The lowest BCUT2D eigenvalue weighted by molar-refractivity contribution is -0.111. The van der Waals surface area contributed by atoms with Crippen LogP contribution in [0.1, 0.15) is 17.8 Å². The first-order valence-electron chi connectivity index (χ1n) is 7.59. The molecule has 0 unspecified atom stereocenters. The van der Waals surface area contributed by atoms with Crippen LogP contribution in [0.2, 0.25) is 5.02 Å². The van der Waals surface area contributed by atoms with Gasteiger partial charge in [0.25, 0.3) is 5.91 Å². The number of benzene rings is 1. The number of aryl methyl sites for hydroxylation is 1. The molecule has 1 aromatic carbocycles. The number of aliphatic hydroxyl groups is 1. The van der Waals surface area contributed by atoms with Crippen molar-refractivity contribution < 1.29 is 9.90 Å². The van der Waals surface area contributed by atoms with Gasteiger partial charge in [-0.15, -0.1) is 0 Å². The van der Waals surface area contributed by atoms with E-state index < -0.39 is 5.91 Å². The number of rotatable bonds is 2. The van der Waals surface area contributed by atoms with Crippen molar-refractivity contribution in [2.45, 2.75) is 12.8 Å². The number of hydrogen-bond acceptors (Lipinski definition) is 3. The van der Waals surface area contributed by atoms with Gasteiger partial charge in [-0.05, 0) is 30.7 Å². The van der Waals surface area contributed by atoms with E-state index in [0.29, 0.717) is 29.2 Å². The van der Waals surface area contributed by atoms with Crippen molar-refractivity contribution in [2.75, 3.05) is 5.32 Å². The highest BCUT2D eigenvalue weighted by atomic mass is 35.5. The number of imidazole rings is 1. The van der Waals surface area contributed by atoms with Crippen molar-refractivity contribution in [1.29, 1.82) is 0 Å². The fourth-order valence-electron chi connectivity index (χ4n) is 2.97. The Bertz CT molecular complexity index is 991. The Kier molecular flexibility index (Phi) is 3.50. The number of aliphatic hydroxyl groups excluding tert-OH is 1. The Labute approximate surface area is 143 Å². The lowest BCUT2D eigenvalue weighted by Gasteiger charge is -2.16. The van der Waals surface area contributed by atoms with Gasteiger partial charge in [0.05, 0.1) is 16.4 Å². The van der Waals surface area contributed by atoms with Crippen molar-refractivity contribution in [2.24, 2.45) is 0 Å². The van der Waals surface area contributed by atoms with Gasteiger partial charge in [-0.2, -0.15) is 0 Å². The maximum atomic E-state index is 12.7. The number of nitrogens with one attached hydrogen (secondary N) is 1. The van der Waals surface area contributed by atoms with E-state index in [1.807, 2.05) is 28.8 Å². The Morgan fingerprint density at radius 3 is 2.79 bits per heavy atom. The third-order valence-electron chi connectivity index (χ3n) is 4.10. The van der Waals surface area contributed by atoms with Gasteiger partial charge in [0.2, 0.25) is 0 Å². The van der Waals surface area contributed by atoms with Gasteiger partial charge in [0.15, 0.2) is 0 Å². The van der Waals surface area contributed by atoms with Crippen LogP contribution in [0.15, 0.2) is 54.4 Å². The highest BCUT2D eigenvalue weighted by molar-refractivity contribution is 6.35. The first-order valence-corrected chi connectivity index (χ1v) is 7.97. The monoisotopic (exact) mass is 339 g/mol. The van der Waals surface area contributed by atoms with Gasteiger partial charge >= 0.3 is 0 Å². The normalized spacial score (nSPS) is 13.9. The van der Waals surface area contributed by atoms with Crippen LogP contribution in [0, 0.1) is 0 Å². The Morgan fingerprint density at radius 1 is 1.17 bits per heavy atom. The summed E-state index contributed by atoms with van der Waals surface area (Å²) in [5, 5.41) is 13.5. The smallest absolute Gasteiger partial charge is 0.261 e. The second-order valence-corrected chi connectivity index (χ2v) is 6.00. The molecule has 0 spiro atoms. The van der Waals surface area contributed by atoms with Gasteiger partial charge < -0.3 is 14.8 Å². The van der Waals surface area contributed by atoms with Crippen LogP contribution < -0.4 is 5.32 Å². The summed E-state index contributed by atoms with van der Waals surface area (Å²) in [5.41, 5.74) is 2.91. The zero-order valence-corrected chi connectivity index (χ0v) is 13.4. The molecular formula is C18H14ClN3O2. The summed E-state index contributed by atoms with van der Waals surface area (Å²) in [6.45, 7) is 0. The zero-order chi connectivity index (χ0) is 16.7. The van der Waals surface area contributed by atoms with Crippen molar-refractivity contribution in [1.82, 2.24) is 9.38 Å². The number of anilines is 1. The molecule has 4 rings (SSSR count). The van der Waals surface area contributed by atoms with Crippen LogP contribution in [0.3, 0.4) is 0 Å². The molecule has 3 aromatic rings. The average Bonchev–Trinajstić information content (AvgIpc) is 2.95. The molecule has 2 heterocycles. The van der Waals surface area contributed by atoms with E-state index in [-0.39, 0.29) is 11.3 Å². The molecule has 0 radical (unpaired) electrons. The largest absolute Gasteiger partial charge is 0.511 e. The minimum atomic E-state index is -0.412. The molecule has 1 amide bonds. The quantitative estimate of drug-likeness (QED) is 0.745. The van der Waals surface area contributed by atoms with Crippen molar-refractivity contribution in [3.8, 4) is 0 Å². The topological polar surface area (TPSA) is 66.6 Å². The van der Waals surface area contributed by atoms with Gasteiger partial charge in [-0.25, -0.2) is 4.98 Å². The molecule has 1 aliphatic rings. The molecule has 2 N–H and O–H groups in total. The number of carbonyl (C=O) groups excluding carboxylic acids is 1. The second-order valence-electron chi connectivity index (χ2n) is 5.59. The number of amides is 1. The zero-order valence-electron chi connectivity index (χ0n) is 12.7. The molecule has 0 aliphatic heterocycles. The Hall–Kier alpha value is -2.79. The number of fused-ring (bicyclic) bond motifs is 3. The third kappa shape index (κ3) is 2.34. The summed E-state index contributed by atoms with van der Waals surface area (Å²) < 4.78 is 1.95. The second kappa shape index (κ2) is 5.69. The van der Waals surface area contributed by atoms with Crippen molar-refractivity contribution in [3.63, 3.8) is 0 Å². The number of nitrogens with zero attached hydrogens (tertiary/aromatic N) is 2. The molecule has 120 valence electrons. The van der Waals surface area contributed by atoms with Crippen LogP contribution in [0.4, 0.5) is 5.69 Å². The van der Waals surface area contributed by atoms with Crippen LogP contribution in [-0.2, 0) is 11.2 Å². The number of allylic oxidation sites excluding steroid dienone is 1. The van der Waals surface area contributed by atoms with E-state index >= 15 is 0 Å². The molecule has 0 atom stereocenters. The summed E-state index contributed by atoms with van der Waals surface area (Å²) in [4.78, 5) is 17.3. The molecular weight excluding hydrogens is 326 g/mol. The van der Waals surface area contributed by atoms with Crippen LogP contribution in [0.5, 0.6) is 0 Å². The van der Waals surface area contributed by atoms with E-state index in [2.05, 4.69) is 10.3 Å². The first-order chi connectivity index (χ1) is 11.6. The molecule has 0 fully saturated rings. The number of halogens is 1. The fourth-order valence-corrected chi connectivity index (χ4v) is 3.15. The Morgan fingerprint density at radius 2 is 1.96 bits per heavy atom. The molecule has 1 aliphatic carbocycles. The lowest BCUT2D eigenvalue weighted by atomic mass is 9.97. The maximum absolute atomic E-state index is 12.7. The molecule has 2 aromatic heterocycles. The summed E-state index contributed by atoms with van der Waals surface area (Å²) in [5.74, 6) is -0.361. The molecule has 5 nitrogen and oxygen atoms in total. The van der Waals surface area contributed by atoms with E-state index in [4.69, 9.17) is 11.6 Å². The summed E-state index contributed by atoms with van der Waals surface area (Å²) in [6, 6.07) is 12.7. The van der Waals surface area contributed by atoms with Gasteiger partial charge in [0, 0.05) is 12.6 Å². The molecule has 0 saturated carbocycles. The predicted molar refractivity (Wildman–Crippen MR) is 93.1 cm³/mol. The molecule has 0 bridgehead atoms. The molecule has 0 saturated heterocycles. The number of carbonyl (C=O) groups is 1. The first kappa shape index (κ1) is 14.8. The summed E-state index contributed by atoms with van der Waals surface area (Å²) in [6.07, 6.45) is 2.95. The van der Waals surface area contributed by atoms with Crippen molar-refractivity contribution >= 4 is 34.4 Å². The molecule has 24 heavy (non-hydrogen) atoms. The summed E-state index contributed by atoms with van der Waals surface area (Å²) in [7, 11) is 0. The highest BCUT2D eigenvalue weighted by Gasteiger charge is 2.29. The Balaban J connectivity index is 1.78. The maximum Gasteiger partial charge on any atom is 0.261 e. The van der Waals surface area contributed by atoms with Gasteiger partial charge in [-0.3, -0.25) is 4.79 Å². The fraction of sp³-hybridized carbons (Fsp3) is 0.111. The van der Waals surface area contributed by atoms with Crippen LogP contribution in [0.25, 0.3) is 11.2 Å². The van der Waals surface area contributed by atoms with E-state index in [0.717, 1.165) is 11.3 Å². The summed E-state index contributed by atoms with van der Waals surface area (Å²) >= 11 is 6.10. The van der Waals surface area contributed by atoms with Crippen molar-refractivity contribution in [3.05, 3.63) is 70.8 Å². The average molecular weight is 340 g/mol. The lowest BCUT2D eigenvalue weighted by Crippen LogP contribution is -2.19. The minimum Gasteiger partial charge on any atom is -0.511 e. The van der Waals surface area contributed by atoms with Gasteiger partial charge in [0.1, 0.15) is 22.7 Å². The van der Waals surface area contributed by atoms with E-state index in [1.165, 1.54) is 0 Å². The number of pyridine rings is 1. The van der Waals surface area contributed by atoms with E-state index in [9.17, 15) is 9.90 Å². The van der Waals surface area contributed by atoms with Gasteiger partial charge in [-0.1, -0.05) is 29.8 Å². The SMILES string of the molecule is O=C(Nc1ccccc1Cl)C1=C(O)CCc2c1nc1ccccn21. The standard InChI is InChI=1S/C18H14ClN3O2/c19-11-5-1-2-6-12(11)20-18(24)16-14(23)9-8-13-17(16)21-15-7-3-4-10-22(13)15/h1-7,10,23H,8-9H2,(H,20,24). The highest BCUT2D eigenvalue weighted by Crippen LogP contribution is 2.32. The van der Waals surface area contributed by atoms with E-state index in [1.54, 1.807) is 24.3 Å². The number of para-hydroxylation sites is 1. The third-order valence-corrected chi connectivity index (χ3v) is 4.43. The van der Waals surface area contributed by atoms with Crippen LogP contribution in [-0.4, -0.2) is 20.4 Å².